The van der Waals surface area contributed by atoms with Crippen molar-refractivity contribution < 1.29 is 5.11 Å². The maximum Gasteiger partial charge on any atom is 0.0751 e. The summed E-state index contributed by atoms with van der Waals surface area (Å²) in [5.74, 6) is 0. The molecule has 3 heteroatoms. The third-order valence-electron chi connectivity index (χ3n) is 4.23. The Bertz CT molecular complexity index is 590. The van der Waals surface area contributed by atoms with Gasteiger partial charge in [-0.2, -0.15) is 0 Å². The molecule has 1 aromatic heterocycles. The van der Waals surface area contributed by atoms with Crippen LogP contribution >= 0.6 is 0 Å². The largest absolute Gasteiger partial charge is 0.396 e. The van der Waals surface area contributed by atoms with Crippen molar-refractivity contribution in [3.8, 4) is 0 Å². The van der Waals surface area contributed by atoms with Crippen LogP contribution in [0.2, 0.25) is 0 Å². The molecule has 0 spiro atoms. The van der Waals surface area contributed by atoms with Crippen molar-refractivity contribution in [1.82, 2.24) is 4.98 Å². The normalized spacial score (nSPS) is 16.5. The number of hydrogen-bond donors (Lipinski definition) is 2. The molecule has 2 aromatic rings. The number of pyridine rings is 1. The van der Waals surface area contributed by atoms with Crippen LogP contribution in [-0.4, -0.2) is 23.2 Å². The molecule has 1 aliphatic carbocycles. The first-order valence-corrected chi connectivity index (χ1v) is 6.93. The molecule has 19 heavy (non-hydrogen) atoms. The maximum atomic E-state index is 9.11. The van der Waals surface area contributed by atoms with Gasteiger partial charge in [-0.05, 0) is 43.2 Å². The second-order valence-electron chi connectivity index (χ2n) is 5.66. The lowest BCUT2D eigenvalue weighted by Crippen LogP contribution is -2.17. The van der Waals surface area contributed by atoms with Crippen molar-refractivity contribution in [2.75, 3.05) is 18.5 Å². The van der Waals surface area contributed by atoms with Crippen molar-refractivity contribution in [2.24, 2.45) is 5.41 Å². The van der Waals surface area contributed by atoms with Crippen molar-refractivity contribution in [2.45, 2.75) is 26.2 Å². The molecule has 3 nitrogen and oxygen atoms in total. The van der Waals surface area contributed by atoms with Gasteiger partial charge in [0.15, 0.2) is 0 Å². The highest BCUT2D eigenvalue weighted by Gasteiger charge is 2.41. The van der Waals surface area contributed by atoms with Crippen LogP contribution in [0.5, 0.6) is 0 Å². The molecule has 0 radical (unpaired) electrons. The zero-order valence-electron chi connectivity index (χ0n) is 11.3. The van der Waals surface area contributed by atoms with E-state index in [1.807, 2.05) is 12.3 Å². The van der Waals surface area contributed by atoms with Crippen molar-refractivity contribution >= 4 is 16.6 Å². The van der Waals surface area contributed by atoms with Crippen LogP contribution in [0.25, 0.3) is 10.9 Å². The monoisotopic (exact) mass is 256 g/mol. The smallest absolute Gasteiger partial charge is 0.0751 e. The number of para-hydroxylation sites is 1. The third-order valence-corrected chi connectivity index (χ3v) is 4.23. The van der Waals surface area contributed by atoms with Gasteiger partial charge in [0.2, 0.25) is 0 Å². The van der Waals surface area contributed by atoms with E-state index in [1.165, 1.54) is 23.8 Å². The fourth-order valence-corrected chi connectivity index (χ4v) is 2.69. The average molecular weight is 256 g/mol. The molecule has 0 saturated heterocycles. The van der Waals surface area contributed by atoms with Crippen LogP contribution in [0, 0.1) is 12.3 Å². The summed E-state index contributed by atoms with van der Waals surface area (Å²) >= 11 is 0. The van der Waals surface area contributed by atoms with E-state index in [2.05, 4.69) is 35.4 Å². The molecule has 0 aliphatic heterocycles. The number of benzene rings is 1. The molecule has 100 valence electrons. The molecule has 0 amide bonds. The Hall–Kier alpha value is -1.61. The van der Waals surface area contributed by atoms with E-state index in [4.69, 9.17) is 5.11 Å². The fourth-order valence-electron chi connectivity index (χ4n) is 2.69. The maximum absolute atomic E-state index is 9.11. The Kier molecular flexibility index (Phi) is 3.15. The molecule has 1 aliphatic rings. The highest BCUT2D eigenvalue weighted by atomic mass is 16.3. The lowest BCUT2D eigenvalue weighted by atomic mass is 10.0. The predicted octanol–water partition coefficient (Wildman–Crippen LogP) is 3.12. The average Bonchev–Trinajstić information content (AvgIpc) is 3.18. The summed E-state index contributed by atoms with van der Waals surface area (Å²) in [4.78, 5) is 4.46. The molecule has 1 fully saturated rings. The first-order chi connectivity index (χ1) is 9.24. The molecule has 1 heterocycles. The lowest BCUT2D eigenvalue weighted by molar-refractivity contribution is 0.253. The van der Waals surface area contributed by atoms with Crippen LogP contribution in [0.1, 0.15) is 24.8 Å². The summed E-state index contributed by atoms with van der Waals surface area (Å²) in [6.45, 7) is 3.33. The Morgan fingerprint density at radius 1 is 1.32 bits per heavy atom. The zero-order chi connectivity index (χ0) is 13.3. The number of aliphatic hydroxyl groups is 1. The standard InChI is InChI=1S/C16H20N2O/c1-12-3-2-4-13-14(5-9-17-15(12)13)18-11-16(6-7-16)8-10-19/h2-5,9,19H,6-8,10-11H2,1H3,(H,17,18). The van der Waals surface area contributed by atoms with E-state index in [0.29, 0.717) is 5.41 Å². The van der Waals surface area contributed by atoms with Crippen molar-refractivity contribution in [1.29, 1.82) is 0 Å². The number of anilines is 1. The number of nitrogens with zero attached hydrogens (tertiary/aromatic N) is 1. The van der Waals surface area contributed by atoms with Crippen LogP contribution in [-0.2, 0) is 0 Å². The van der Waals surface area contributed by atoms with Crippen LogP contribution in [0.4, 0.5) is 5.69 Å². The van der Waals surface area contributed by atoms with Gasteiger partial charge in [-0.15, -0.1) is 0 Å². The minimum absolute atomic E-state index is 0.290. The van der Waals surface area contributed by atoms with E-state index < -0.39 is 0 Å². The zero-order valence-corrected chi connectivity index (χ0v) is 11.3. The van der Waals surface area contributed by atoms with Gasteiger partial charge in [-0.1, -0.05) is 18.2 Å². The van der Waals surface area contributed by atoms with Gasteiger partial charge in [0, 0.05) is 30.4 Å². The second kappa shape index (κ2) is 4.82. The summed E-state index contributed by atoms with van der Waals surface area (Å²) in [6, 6.07) is 8.32. The first-order valence-electron chi connectivity index (χ1n) is 6.93. The summed E-state index contributed by atoms with van der Waals surface area (Å²) < 4.78 is 0. The predicted molar refractivity (Wildman–Crippen MR) is 78.3 cm³/mol. The Balaban J connectivity index is 1.83. The van der Waals surface area contributed by atoms with Crippen molar-refractivity contribution in [3.63, 3.8) is 0 Å². The highest BCUT2D eigenvalue weighted by molar-refractivity contribution is 5.92. The van der Waals surface area contributed by atoms with Gasteiger partial charge >= 0.3 is 0 Å². The van der Waals surface area contributed by atoms with Crippen molar-refractivity contribution in [3.05, 3.63) is 36.0 Å². The Morgan fingerprint density at radius 3 is 2.89 bits per heavy atom. The van der Waals surface area contributed by atoms with Gasteiger partial charge in [0.1, 0.15) is 0 Å². The molecule has 2 N–H and O–H groups in total. The van der Waals surface area contributed by atoms with Gasteiger partial charge in [0.05, 0.1) is 5.52 Å². The summed E-state index contributed by atoms with van der Waals surface area (Å²) in [5.41, 5.74) is 3.75. The molecule has 0 unspecified atom stereocenters. The van der Waals surface area contributed by atoms with Crippen LogP contribution in [0.3, 0.4) is 0 Å². The third kappa shape index (κ3) is 2.43. The number of aromatic nitrogens is 1. The summed E-state index contributed by atoms with van der Waals surface area (Å²) in [7, 11) is 0. The Morgan fingerprint density at radius 2 is 2.16 bits per heavy atom. The molecular weight excluding hydrogens is 236 g/mol. The fraction of sp³-hybridized carbons (Fsp3) is 0.438. The number of aliphatic hydroxyl groups excluding tert-OH is 1. The van der Waals surface area contributed by atoms with E-state index in [9.17, 15) is 0 Å². The van der Waals surface area contributed by atoms with E-state index >= 15 is 0 Å². The first kappa shape index (κ1) is 12.4. The molecule has 3 rings (SSSR count). The minimum Gasteiger partial charge on any atom is -0.396 e. The number of fused-ring (bicyclic) bond motifs is 1. The number of nitrogens with one attached hydrogen (secondary N) is 1. The quantitative estimate of drug-likeness (QED) is 0.864. The topological polar surface area (TPSA) is 45.1 Å². The molecule has 1 saturated carbocycles. The molecule has 0 atom stereocenters. The molecule has 1 aromatic carbocycles. The minimum atomic E-state index is 0.290. The van der Waals surface area contributed by atoms with Crippen LogP contribution in [0.15, 0.2) is 30.5 Å². The molecular formula is C16H20N2O. The van der Waals surface area contributed by atoms with E-state index in [0.717, 1.165) is 24.2 Å². The number of hydrogen-bond acceptors (Lipinski definition) is 3. The summed E-state index contributed by atoms with van der Waals surface area (Å²) in [6.07, 6.45) is 5.22. The van der Waals surface area contributed by atoms with E-state index in [-0.39, 0.29) is 6.61 Å². The van der Waals surface area contributed by atoms with Gasteiger partial charge in [0.25, 0.3) is 0 Å². The van der Waals surface area contributed by atoms with E-state index in [1.54, 1.807) is 0 Å². The molecule has 0 bridgehead atoms. The number of aryl methyl sites for hydroxylation is 1. The second-order valence-corrected chi connectivity index (χ2v) is 5.66. The van der Waals surface area contributed by atoms with Gasteiger partial charge in [-0.3, -0.25) is 4.98 Å². The van der Waals surface area contributed by atoms with Crippen LogP contribution < -0.4 is 5.32 Å². The lowest BCUT2D eigenvalue weighted by Gasteiger charge is -2.17. The van der Waals surface area contributed by atoms with Gasteiger partial charge < -0.3 is 10.4 Å². The number of rotatable bonds is 5. The highest BCUT2D eigenvalue weighted by Crippen LogP contribution is 2.48. The summed E-state index contributed by atoms with van der Waals surface area (Å²) in [5, 5.41) is 13.8. The van der Waals surface area contributed by atoms with Gasteiger partial charge in [-0.25, -0.2) is 0 Å². The Labute approximate surface area is 113 Å². The SMILES string of the molecule is Cc1cccc2c(NCC3(CCO)CC3)ccnc12.